The number of anilines is 1. The predicted molar refractivity (Wildman–Crippen MR) is 136 cm³/mol. The van der Waals surface area contributed by atoms with E-state index in [0.29, 0.717) is 47.8 Å². The minimum Gasteiger partial charge on any atom is -0.450 e. The fourth-order valence-corrected chi connectivity index (χ4v) is 5.02. The van der Waals surface area contributed by atoms with Crippen molar-refractivity contribution in [3.8, 4) is 11.1 Å². The highest BCUT2D eigenvalue weighted by molar-refractivity contribution is 7.10. The summed E-state index contributed by atoms with van der Waals surface area (Å²) in [6.07, 6.45) is 0.549. The molecule has 0 unspecified atom stereocenters. The molecule has 11 heteroatoms. The largest absolute Gasteiger partial charge is 0.450 e. The highest BCUT2D eigenvalue weighted by Crippen LogP contribution is 2.32. The number of alkyl carbamates (subject to hydrolysis) is 1. The number of benzene rings is 2. The van der Waals surface area contributed by atoms with Crippen molar-refractivity contribution >= 4 is 46.7 Å². The van der Waals surface area contributed by atoms with Gasteiger partial charge in [-0.2, -0.15) is 0 Å². The normalized spacial score (nSPS) is 13.8. The minimum absolute atomic E-state index is 0.0960. The van der Waals surface area contributed by atoms with E-state index in [1.165, 1.54) is 29.5 Å². The summed E-state index contributed by atoms with van der Waals surface area (Å²) >= 11 is 7.35. The van der Waals surface area contributed by atoms with Crippen LogP contribution in [0.2, 0.25) is 5.02 Å². The lowest BCUT2D eigenvalue weighted by Crippen LogP contribution is -2.46. The van der Waals surface area contributed by atoms with Crippen LogP contribution in [0.5, 0.6) is 0 Å². The number of carbonyl (C=O) groups is 3. The van der Waals surface area contributed by atoms with Gasteiger partial charge in [0.25, 0.3) is 5.91 Å². The molecule has 1 aromatic heterocycles. The number of urea groups is 1. The highest BCUT2D eigenvalue weighted by atomic mass is 35.5. The van der Waals surface area contributed by atoms with Crippen LogP contribution in [0.25, 0.3) is 11.1 Å². The maximum Gasteiger partial charge on any atom is 0.415 e. The Balaban J connectivity index is 1.39. The molecule has 188 valence electrons. The second-order valence-corrected chi connectivity index (χ2v) is 9.46. The van der Waals surface area contributed by atoms with Crippen LogP contribution in [-0.2, 0) is 4.74 Å². The van der Waals surface area contributed by atoms with E-state index in [-0.39, 0.29) is 18.2 Å². The van der Waals surface area contributed by atoms with Crippen molar-refractivity contribution in [1.29, 1.82) is 0 Å². The lowest BCUT2D eigenvalue weighted by Gasteiger charge is -2.30. The summed E-state index contributed by atoms with van der Waals surface area (Å²) in [6, 6.07) is 10.6. The molecular formula is C25H24ClFN4O4S. The summed E-state index contributed by atoms with van der Waals surface area (Å²) in [4.78, 5) is 42.7. The van der Waals surface area contributed by atoms with E-state index in [1.807, 2.05) is 0 Å². The topological polar surface area (TPSA) is 101 Å². The molecule has 2 N–H and O–H groups in total. The number of ether oxygens (including phenoxy) is 1. The quantitative estimate of drug-likeness (QED) is 0.427. The van der Waals surface area contributed by atoms with Crippen LogP contribution in [0.15, 0.2) is 47.8 Å². The molecule has 2 heterocycles. The van der Waals surface area contributed by atoms with Gasteiger partial charge >= 0.3 is 12.1 Å². The third kappa shape index (κ3) is 6.19. The molecule has 0 aliphatic carbocycles. The average molecular weight is 531 g/mol. The second kappa shape index (κ2) is 11.5. The number of nitrogens with one attached hydrogen (secondary N) is 2. The van der Waals surface area contributed by atoms with Crippen LogP contribution >= 0.6 is 22.9 Å². The van der Waals surface area contributed by atoms with Crippen LogP contribution in [0, 0.1) is 5.82 Å². The fourth-order valence-electron chi connectivity index (χ4n) is 3.92. The smallest absolute Gasteiger partial charge is 0.415 e. The number of hydrogen-bond acceptors (Lipinski definition) is 6. The van der Waals surface area contributed by atoms with Crippen LogP contribution in [0.4, 0.5) is 19.7 Å². The van der Waals surface area contributed by atoms with E-state index < -0.39 is 23.8 Å². The Hall–Kier alpha value is -3.50. The molecular weight excluding hydrogens is 507 g/mol. The van der Waals surface area contributed by atoms with E-state index >= 15 is 0 Å². The first-order valence-electron chi connectivity index (χ1n) is 11.4. The molecule has 0 bridgehead atoms. The second-order valence-electron chi connectivity index (χ2n) is 8.13. The van der Waals surface area contributed by atoms with Crippen molar-refractivity contribution in [2.45, 2.75) is 25.7 Å². The Morgan fingerprint density at radius 1 is 1.17 bits per heavy atom. The summed E-state index contributed by atoms with van der Waals surface area (Å²) in [7, 11) is 0. The number of aromatic nitrogens is 1. The molecule has 1 aliphatic rings. The van der Waals surface area contributed by atoms with Gasteiger partial charge in [0.05, 0.1) is 11.6 Å². The molecule has 0 atom stereocenters. The van der Waals surface area contributed by atoms with Crippen molar-refractivity contribution in [3.63, 3.8) is 0 Å². The lowest BCUT2D eigenvalue weighted by atomic mass is 9.98. The fraction of sp³-hybridized carbons (Fsp3) is 0.280. The van der Waals surface area contributed by atoms with Crippen molar-refractivity contribution in [2.75, 3.05) is 25.0 Å². The molecule has 4 amide bonds. The summed E-state index contributed by atoms with van der Waals surface area (Å²) < 4.78 is 18.7. The number of halogens is 2. The van der Waals surface area contributed by atoms with Crippen molar-refractivity contribution in [2.24, 2.45) is 0 Å². The van der Waals surface area contributed by atoms with E-state index in [0.717, 1.165) is 5.01 Å². The maximum absolute atomic E-state index is 14.0. The van der Waals surface area contributed by atoms with Gasteiger partial charge < -0.3 is 15.0 Å². The molecule has 4 rings (SSSR count). The number of carbonyl (C=O) groups excluding carboxylic acids is 3. The standard InChI is InChI=1S/C25H24ClFN4O4S/c1-2-35-25(34)30-24(33)31-11-9-16(10-12-31)23-29-21(14-36-23)22(32)28-20-8-7-18(27)13-19(20)15-3-5-17(26)6-4-15/h3-8,13-14,16H,2,9-12H2,1H3,(H,28,32)(H,30,33,34). The number of likely N-dealkylation sites (tertiary alicyclic amines) is 1. The lowest BCUT2D eigenvalue weighted by molar-refractivity contribution is 0.102. The molecule has 2 aromatic carbocycles. The van der Waals surface area contributed by atoms with Gasteiger partial charge in [0.1, 0.15) is 11.5 Å². The molecule has 0 spiro atoms. The van der Waals surface area contributed by atoms with E-state index in [1.54, 1.807) is 41.5 Å². The number of hydrogen-bond donors (Lipinski definition) is 2. The number of thiazole rings is 1. The molecule has 8 nitrogen and oxygen atoms in total. The Labute approximate surface area is 216 Å². The first kappa shape index (κ1) is 25.6. The molecule has 0 radical (unpaired) electrons. The summed E-state index contributed by atoms with van der Waals surface area (Å²) in [5, 5.41) is 8.09. The predicted octanol–water partition coefficient (Wildman–Crippen LogP) is 5.90. The van der Waals surface area contributed by atoms with Gasteiger partial charge in [-0.1, -0.05) is 23.7 Å². The zero-order valence-corrected chi connectivity index (χ0v) is 21.0. The zero-order valence-electron chi connectivity index (χ0n) is 19.4. The van der Waals surface area contributed by atoms with Crippen molar-refractivity contribution in [1.82, 2.24) is 15.2 Å². The third-order valence-corrected chi connectivity index (χ3v) is 7.01. The number of amides is 4. The number of rotatable bonds is 5. The Kier molecular flexibility index (Phi) is 8.17. The summed E-state index contributed by atoms with van der Waals surface area (Å²) in [6.45, 7) is 2.76. The average Bonchev–Trinajstić information content (AvgIpc) is 3.36. The van der Waals surface area contributed by atoms with Gasteiger partial charge in [-0.3, -0.25) is 4.79 Å². The Morgan fingerprint density at radius 2 is 1.89 bits per heavy atom. The molecule has 1 aliphatic heterocycles. The van der Waals surface area contributed by atoms with Crippen LogP contribution in [-0.4, -0.2) is 47.6 Å². The van der Waals surface area contributed by atoms with Gasteiger partial charge in [-0.25, -0.2) is 24.3 Å². The summed E-state index contributed by atoms with van der Waals surface area (Å²) in [5.41, 5.74) is 1.97. The van der Waals surface area contributed by atoms with E-state index in [9.17, 15) is 18.8 Å². The molecule has 36 heavy (non-hydrogen) atoms. The SMILES string of the molecule is CCOC(=O)NC(=O)N1CCC(c2nc(C(=O)Nc3ccc(F)cc3-c3ccc(Cl)cc3)cs2)CC1. The summed E-state index contributed by atoms with van der Waals surface area (Å²) in [5.74, 6) is -0.722. The van der Waals surface area contributed by atoms with E-state index in [2.05, 4.69) is 15.6 Å². The first-order chi connectivity index (χ1) is 17.3. The number of piperidine rings is 1. The monoisotopic (exact) mass is 530 g/mol. The van der Waals surface area contributed by atoms with Crippen molar-refractivity contribution < 1.29 is 23.5 Å². The zero-order chi connectivity index (χ0) is 25.7. The highest BCUT2D eigenvalue weighted by Gasteiger charge is 2.27. The van der Waals surface area contributed by atoms with Gasteiger partial charge in [-0.15, -0.1) is 11.3 Å². The number of nitrogens with zero attached hydrogens (tertiary/aromatic N) is 2. The van der Waals surface area contributed by atoms with Crippen LogP contribution in [0.1, 0.15) is 41.2 Å². The molecule has 0 saturated carbocycles. The van der Waals surface area contributed by atoms with Gasteiger partial charge in [0.15, 0.2) is 0 Å². The molecule has 1 fully saturated rings. The van der Waals surface area contributed by atoms with Crippen LogP contribution in [0.3, 0.4) is 0 Å². The maximum atomic E-state index is 14.0. The van der Waals surface area contributed by atoms with Crippen molar-refractivity contribution in [3.05, 3.63) is 69.4 Å². The Bertz CT molecular complexity index is 1260. The minimum atomic E-state index is -0.763. The van der Waals surface area contributed by atoms with Gasteiger partial charge in [0.2, 0.25) is 0 Å². The van der Waals surface area contributed by atoms with E-state index in [4.69, 9.17) is 16.3 Å². The molecule has 3 aromatic rings. The van der Waals surface area contributed by atoms with Gasteiger partial charge in [0, 0.05) is 40.7 Å². The number of imide groups is 1. The molecule has 1 saturated heterocycles. The van der Waals surface area contributed by atoms with Crippen LogP contribution < -0.4 is 10.6 Å². The third-order valence-electron chi connectivity index (χ3n) is 5.76. The Morgan fingerprint density at radius 3 is 2.58 bits per heavy atom. The van der Waals surface area contributed by atoms with Gasteiger partial charge in [-0.05, 0) is 55.7 Å². The first-order valence-corrected chi connectivity index (χ1v) is 12.6.